The van der Waals surface area contributed by atoms with Gasteiger partial charge in [0.05, 0.1) is 9.82 Å². The molecule has 0 radical (unpaired) electrons. The van der Waals surface area contributed by atoms with Gasteiger partial charge in [-0.25, -0.2) is 8.42 Å². The number of rotatable bonds is 4. The van der Waals surface area contributed by atoms with Gasteiger partial charge >= 0.3 is 5.69 Å². The Balaban J connectivity index is 2.45. The minimum Gasteiger partial charge on any atom is -0.450 e. The fraction of sp³-hybridized carbons (Fsp3) is 0.294. The molecule has 0 amide bonds. The summed E-state index contributed by atoms with van der Waals surface area (Å²) >= 11 is 0. The van der Waals surface area contributed by atoms with Gasteiger partial charge in [-0.3, -0.25) is 10.1 Å². The predicted molar refractivity (Wildman–Crippen MR) is 91.4 cm³/mol. The van der Waals surface area contributed by atoms with Gasteiger partial charge in [0.25, 0.3) is 0 Å². The molecule has 6 nitrogen and oxygen atoms in total. The van der Waals surface area contributed by atoms with Crippen molar-refractivity contribution in [1.29, 1.82) is 0 Å². The highest BCUT2D eigenvalue weighted by Crippen LogP contribution is 2.34. The molecule has 2 aromatic carbocycles. The fourth-order valence-electron chi connectivity index (χ4n) is 2.11. The molecule has 0 aliphatic carbocycles. The van der Waals surface area contributed by atoms with Crippen LogP contribution in [0.5, 0.6) is 11.5 Å². The summed E-state index contributed by atoms with van der Waals surface area (Å²) in [4.78, 5) is 10.5. The average molecular weight is 349 g/mol. The maximum absolute atomic E-state index is 11.6. The summed E-state index contributed by atoms with van der Waals surface area (Å²) < 4.78 is 28.8. The van der Waals surface area contributed by atoms with Gasteiger partial charge < -0.3 is 4.74 Å². The lowest BCUT2D eigenvalue weighted by Gasteiger charge is -2.19. The minimum atomic E-state index is -3.53. The molecule has 7 heteroatoms. The summed E-state index contributed by atoms with van der Waals surface area (Å²) in [5.41, 5.74) is 0.542. The molecule has 0 atom stereocenters. The number of nitro groups is 1. The second-order valence-corrected chi connectivity index (χ2v) is 8.55. The molecule has 0 bridgehead atoms. The van der Waals surface area contributed by atoms with Crippen molar-refractivity contribution in [3.05, 3.63) is 58.1 Å². The van der Waals surface area contributed by atoms with E-state index in [1.807, 2.05) is 18.2 Å². The maximum Gasteiger partial charge on any atom is 0.312 e. The summed E-state index contributed by atoms with van der Waals surface area (Å²) in [6, 6.07) is 10.9. The van der Waals surface area contributed by atoms with Crippen LogP contribution in [0.25, 0.3) is 0 Å². The highest BCUT2D eigenvalue weighted by molar-refractivity contribution is 7.90. The molecular weight excluding hydrogens is 330 g/mol. The number of nitrogens with zero attached hydrogens (tertiary/aromatic N) is 1. The Morgan fingerprint density at radius 1 is 1.08 bits per heavy atom. The van der Waals surface area contributed by atoms with Gasteiger partial charge in [-0.1, -0.05) is 32.9 Å². The first-order chi connectivity index (χ1) is 11.0. The summed E-state index contributed by atoms with van der Waals surface area (Å²) in [5.74, 6) is 0.455. The first kappa shape index (κ1) is 17.9. The van der Waals surface area contributed by atoms with Crippen LogP contribution in [-0.4, -0.2) is 19.6 Å². The lowest BCUT2D eigenvalue weighted by atomic mass is 9.87. The number of sulfone groups is 1. The van der Waals surface area contributed by atoms with Crippen molar-refractivity contribution in [3.8, 4) is 11.5 Å². The summed E-state index contributed by atoms with van der Waals surface area (Å²) in [6.45, 7) is 6.15. The quantitative estimate of drug-likeness (QED) is 0.613. The largest absolute Gasteiger partial charge is 0.450 e. The highest BCUT2D eigenvalue weighted by Gasteiger charge is 2.21. The van der Waals surface area contributed by atoms with E-state index in [2.05, 4.69) is 20.8 Å². The molecule has 0 spiro atoms. The number of hydrogen-bond donors (Lipinski definition) is 0. The third kappa shape index (κ3) is 4.11. The zero-order chi connectivity index (χ0) is 18.1. The van der Waals surface area contributed by atoms with Crippen molar-refractivity contribution in [2.75, 3.05) is 6.26 Å². The molecule has 0 unspecified atom stereocenters. The minimum absolute atomic E-state index is 0.00143. The van der Waals surface area contributed by atoms with Crippen LogP contribution in [0, 0.1) is 10.1 Å². The van der Waals surface area contributed by atoms with Crippen LogP contribution in [0.15, 0.2) is 47.4 Å². The monoisotopic (exact) mass is 349 g/mol. The zero-order valence-electron chi connectivity index (χ0n) is 13.9. The molecule has 0 heterocycles. The van der Waals surface area contributed by atoms with Crippen LogP contribution in [0.4, 0.5) is 5.69 Å². The molecule has 0 N–H and O–H groups in total. The van der Waals surface area contributed by atoms with Crippen molar-refractivity contribution >= 4 is 15.5 Å². The number of nitro benzene ring substituents is 1. The van der Waals surface area contributed by atoms with Gasteiger partial charge in [0, 0.05) is 12.3 Å². The van der Waals surface area contributed by atoms with Gasteiger partial charge in [0.2, 0.25) is 5.75 Å². The third-order valence-electron chi connectivity index (χ3n) is 3.48. The van der Waals surface area contributed by atoms with E-state index >= 15 is 0 Å². The highest BCUT2D eigenvalue weighted by atomic mass is 32.2. The number of benzene rings is 2. The summed E-state index contributed by atoms with van der Waals surface area (Å²) in [6.07, 6.45) is 0.999. The van der Waals surface area contributed by atoms with E-state index in [1.165, 1.54) is 12.1 Å². The van der Waals surface area contributed by atoms with Crippen LogP contribution in [0.3, 0.4) is 0 Å². The van der Waals surface area contributed by atoms with E-state index in [0.29, 0.717) is 5.75 Å². The van der Waals surface area contributed by atoms with E-state index in [4.69, 9.17) is 4.74 Å². The molecule has 2 aromatic rings. The lowest BCUT2D eigenvalue weighted by molar-refractivity contribution is -0.385. The third-order valence-corrected chi connectivity index (χ3v) is 4.59. The second-order valence-electron chi connectivity index (χ2n) is 6.54. The summed E-state index contributed by atoms with van der Waals surface area (Å²) in [7, 11) is -3.53. The van der Waals surface area contributed by atoms with E-state index < -0.39 is 14.8 Å². The average Bonchev–Trinajstić information content (AvgIpc) is 2.45. The van der Waals surface area contributed by atoms with Crippen molar-refractivity contribution in [2.45, 2.75) is 31.1 Å². The Bertz CT molecular complexity index is 882. The van der Waals surface area contributed by atoms with Crippen LogP contribution >= 0.6 is 0 Å². The SMILES string of the molecule is CC(C)(C)c1cccc(Oc2ccc(S(C)(=O)=O)cc2[N+](=O)[O-])c1. The Labute approximate surface area is 141 Å². The van der Waals surface area contributed by atoms with E-state index in [-0.39, 0.29) is 21.7 Å². The molecule has 0 aliphatic rings. The molecule has 0 aliphatic heterocycles. The molecule has 0 saturated heterocycles. The van der Waals surface area contributed by atoms with E-state index in [1.54, 1.807) is 6.07 Å². The standard InChI is InChI=1S/C17H19NO5S/c1-17(2,3)12-6-5-7-13(10-12)23-16-9-8-14(24(4,21)22)11-15(16)18(19)20/h5-11H,1-4H3. The Morgan fingerprint density at radius 3 is 2.29 bits per heavy atom. The van der Waals surface area contributed by atoms with Crippen LogP contribution in [-0.2, 0) is 15.3 Å². The Morgan fingerprint density at radius 2 is 1.75 bits per heavy atom. The zero-order valence-corrected chi connectivity index (χ0v) is 14.8. The lowest BCUT2D eigenvalue weighted by Crippen LogP contribution is -2.10. The van der Waals surface area contributed by atoms with Gasteiger partial charge in [0.1, 0.15) is 5.75 Å². The van der Waals surface area contributed by atoms with Gasteiger partial charge in [-0.05, 0) is 35.2 Å². The molecule has 0 saturated carbocycles. The van der Waals surface area contributed by atoms with Gasteiger partial charge in [-0.2, -0.15) is 0 Å². The predicted octanol–water partition coefficient (Wildman–Crippen LogP) is 4.09. The van der Waals surface area contributed by atoms with Crippen molar-refractivity contribution in [2.24, 2.45) is 0 Å². The smallest absolute Gasteiger partial charge is 0.312 e. The molecular formula is C17H19NO5S. The van der Waals surface area contributed by atoms with E-state index in [0.717, 1.165) is 17.9 Å². The van der Waals surface area contributed by atoms with Gasteiger partial charge in [0.15, 0.2) is 9.84 Å². The fourth-order valence-corrected chi connectivity index (χ4v) is 2.75. The number of ether oxygens (including phenoxy) is 1. The normalized spacial score (nSPS) is 12.0. The molecule has 2 rings (SSSR count). The van der Waals surface area contributed by atoms with Crippen LogP contribution in [0.1, 0.15) is 26.3 Å². The Hall–Kier alpha value is -2.41. The van der Waals surface area contributed by atoms with Crippen molar-refractivity contribution in [1.82, 2.24) is 0 Å². The number of hydrogen-bond acceptors (Lipinski definition) is 5. The van der Waals surface area contributed by atoms with Crippen LogP contribution < -0.4 is 4.74 Å². The summed E-state index contributed by atoms with van der Waals surface area (Å²) in [5, 5.41) is 11.2. The molecule has 0 fully saturated rings. The molecule has 128 valence electrons. The van der Waals surface area contributed by atoms with Crippen LogP contribution in [0.2, 0.25) is 0 Å². The second kappa shape index (κ2) is 6.24. The van der Waals surface area contributed by atoms with Crippen molar-refractivity contribution in [3.63, 3.8) is 0 Å². The topological polar surface area (TPSA) is 86.5 Å². The van der Waals surface area contributed by atoms with E-state index in [9.17, 15) is 18.5 Å². The maximum atomic E-state index is 11.6. The van der Waals surface area contributed by atoms with Crippen molar-refractivity contribution < 1.29 is 18.1 Å². The van der Waals surface area contributed by atoms with Gasteiger partial charge in [-0.15, -0.1) is 0 Å². The first-order valence-corrected chi connectivity index (χ1v) is 9.14. The molecule has 24 heavy (non-hydrogen) atoms. The first-order valence-electron chi connectivity index (χ1n) is 7.25. The Kier molecular flexibility index (Phi) is 4.66. The molecule has 0 aromatic heterocycles.